The van der Waals surface area contributed by atoms with E-state index in [-0.39, 0.29) is 17.2 Å². The Kier molecular flexibility index (Phi) is 3.46. The summed E-state index contributed by atoms with van der Waals surface area (Å²) in [6, 6.07) is 6.88. The Bertz CT molecular complexity index is 823. The number of aromatic nitrogens is 4. The van der Waals surface area contributed by atoms with Gasteiger partial charge in [0.25, 0.3) is 11.5 Å². The second-order valence-electron chi connectivity index (χ2n) is 4.49. The Morgan fingerprint density at radius 2 is 2.05 bits per heavy atom. The average Bonchev–Trinajstić information content (AvgIpc) is 3.01. The van der Waals surface area contributed by atoms with Crippen LogP contribution in [-0.4, -0.2) is 32.6 Å². The second kappa shape index (κ2) is 5.58. The van der Waals surface area contributed by atoms with Crippen LogP contribution in [0.3, 0.4) is 0 Å². The molecule has 0 radical (unpaired) electrons. The lowest BCUT2D eigenvalue weighted by Crippen LogP contribution is -2.28. The first kappa shape index (κ1) is 13.0. The molecule has 3 aromatic rings. The number of H-pyrrole nitrogens is 2. The maximum absolute atomic E-state index is 12.2. The van der Waals surface area contributed by atoms with Gasteiger partial charge in [-0.05, 0) is 6.07 Å². The Balaban J connectivity index is 1.78. The predicted molar refractivity (Wildman–Crippen MR) is 77.0 cm³/mol. The molecule has 0 fully saturated rings. The van der Waals surface area contributed by atoms with Crippen molar-refractivity contribution < 1.29 is 4.79 Å². The molecule has 7 heteroatoms. The quantitative estimate of drug-likeness (QED) is 0.653. The number of rotatable bonds is 4. The van der Waals surface area contributed by atoms with Gasteiger partial charge in [0.15, 0.2) is 5.69 Å². The Hall–Kier alpha value is -2.96. The fourth-order valence-corrected chi connectivity index (χ4v) is 2.10. The zero-order chi connectivity index (χ0) is 14.7. The zero-order valence-electron chi connectivity index (χ0n) is 11.1. The Labute approximate surface area is 119 Å². The van der Waals surface area contributed by atoms with Gasteiger partial charge in [0.2, 0.25) is 0 Å². The van der Waals surface area contributed by atoms with E-state index in [1.165, 1.54) is 0 Å². The lowest BCUT2D eigenvalue weighted by atomic mass is 10.1. The van der Waals surface area contributed by atoms with Crippen LogP contribution < -0.4 is 10.9 Å². The van der Waals surface area contributed by atoms with Crippen LogP contribution in [0.5, 0.6) is 0 Å². The summed E-state index contributed by atoms with van der Waals surface area (Å²) in [5.41, 5.74) is -0.0950. The number of fused-ring (bicyclic) bond motifs is 1. The molecule has 0 aliphatic carbocycles. The van der Waals surface area contributed by atoms with Crippen LogP contribution in [0, 0.1) is 0 Å². The molecule has 2 aromatic heterocycles. The summed E-state index contributed by atoms with van der Waals surface area (Å²) in [5, 5.41) is 9.94. The topological polar surface area (TPSA) is 104 Å². The van der Waals surface area contributed by atoms with Crippen molar-refractivity contribution in [2.75, 3.05) is 6.54 Å². The molecule has 0 atom stereocenters. The molecule has 0 saturated heterocycles. The van der Waals surface area contributed by atoms with Crippen molar-refractivity contribution in [2.45, 2.75) is 6.42 Å². The molecule has 2 heterocycles. The average molecular weight is 283 g/mol. The van der Waals surface area contributed by atoms with Gasteiger partial charge in [-0.15, -0.1) is 0 Å². The number of carbonyl (C=O) groups is 1. The van der Waals surface area contributed by atoms with E-state index in [0.717, 1.165) is 5.82 Å². The van der Waals surface area contributed by atoms with Gasteiger partial charge in [-0.2, -0.15) is 5.10 Å². The van der Waals surface area contributed by atoms with E-state index in [9.17, 15) is 9.59 Å². The summed E-state index contributed by atoms with van der Waals surface area (Å²) in [6.45, 7) is 0.432. The summed E-state index contributed by atoms with van der Waals surface area (Å²) in [4.78, 5) is 30.9. The minimum absolute atomic E-state index is 0.213. The molecule has 0 unspecified atom stereocenters. The minimum Gasteiger partial charge on any atom is -0.350 e. The van der Waals surface area contributed by atoms with E-state index < -0.39 is 0 Å². The number of nitrogens with zero attached hydrogens (tertiary/aromatic N) is 2. The third-order valence-corrected chi connectivity index (χ3v) is 3.11. The number of hydrogen-bond acceptors (Lipinski definition) is 4. The van der Waals surface area contributed by atoms with Crippen LogP contribution in [-0.2, 0) is 6.42 Å². The van der Waals surface area contributed by atoms with Crippen LogP contribution >= 0.6 is 0 Å². The predicted octanol–water partition coefficient (Wildman–Crippen LogP) is 0.619. The molecule has 3 rings (SSSR count). The van der Waals surface area contributed by atoms with Crippen LogP contribution in [0.4, 0.5) is 0 Å². The minimum atomic E-state index is -0.325. The molecular formula is C14H13N5O2. The molecule has 1 amide bonds. The van der Waals surface area contributed by atoms with Gasteiger partial charge in [0.05, 0.1) is 5.39 Å². The number of hydrogen-bond donors (Lipinski definition) is 3. The van der Waals surface area contributed by atoms with Crippen molar-refractivity contribution in [1.82, 2.24) is 25.5 Å². The van der Waals surface area contributed by atoms with Crippen molar-refractivity contribution in [3.63, 3.8) is 0 Å². The number of benzene rings is 1. The molecule has 0 bridgehead atoms. The van der Waals surface area contributed by atoms with E-state index in [1.54, 1.807) is 36.7 Å². The Morgan fingerprint density at radius 1 is 1.24 bits per heavy atom. The van der Waals surface area contributed by atoms with Gasteiger partial charge >= 0.3 is 0 Å². The van der Waals surface area contributed by atoms with E-state index in [1.807, 2.05) is 0 Å². The molecule has 106 valence electrons. The SMILES string of the molecule is O=C(NCCc1ncc[nH]1)c1n[nH]c(=O)c2ccccc12. The van der Waals surface area contributed by atoms with E-state index >= 15 is 0 Å². The standard InChI is InChI=1S/C14H13N5O2/c20-13-10-4-2-1-3-9(10)12(18-19-13)14(21)17-6-5-11-15-7-8-16-11/h1-4,7-8H,5-6H2,(H,15,16)(H,17,21)(H,19,20). The van der Waals surface area contributed by atoms with E-state index in [2.05, 4.69) is 25.5 Å². The fourth-order valence-electron chi connectivity index (χ4n) is 2.10. The second-order valence-corrected chi connectivity index (χ2v) is 4.49. The summed E-state index contributed by atoms with van der Waals surface area (Å²) >= 11 is 0. The summed E-state index contributed by atoms with van der Waals surface area (Å²) in [7, 11) is 0. The third kappa shape index (κ3) is 2.66. The van der Waals surface area contributed by atoms with Gasteiger partial charge in [-0.3, -0.25) is 9.59 Å². The van der Waals surface area contributed by atoms with Crippen LogP contribution in [0.25, 0.3) is 10.8 Å². The van der Waals surface area contributed by atoms with Crippen LogP contribution in [0.1, 0.15) is 16.3 Å². The van der Waals surface area contributed by atoms with Crippen molar-refractivity contribution in [3.05, 3.63) is 58.5 Å². The molecule has 7 nitrogen and oxygen atoms in total. The Morgan fingerprint density at radius 3 is 2.81 bits per heavy atom. The van der Waals surface area contributed by atoms with Crippen LogP contribution in [0.2, 0.25) is 0 Å². The van der Waals surface area contributed by atoms with E-state index in [0.29, 0.717) is 23.7 Å². The fraction of sp³-hybridized carbons (Fsp3) is 0.143. The normalized spacial score (nSPS) is 10.7. The van der Waals surface area contributed by atoms with Gasteiger partial charge < -0.3 is 10.3 Å². The molecule has 21 heavy (non-hydrogen) atoms. The number of amides is 1. The van der Waals surface area contributed by atoms with Crippen molar-refractivity contribution in [1.29, 1.82) is 0 Å². The molecule has 0 aliphatic heterocycles. The first-order valence-electron chi connectivity index (χ1n) is 6.49. The highest BCUT2D eigenvalue weighted by atomic mass is 16.2. The molecule has 3 N–H and O–H groups in total. The largest absolute Gasteiger partial charge is 0.350 e. The lowest BCUT2D eigenvalue weighted by molar-refractivity contribution is 0.0950. The van der Waals surface area contributed by atoms with Gasteiger partial charge in [-0.1, -0.05) is 18.2 Å². The smallest absolute Gasteiger partial charge is 0.272 e. The number of imidazole rings is 1. The van der Waals surface area contributed by atoms with Gasteiger partial charge in [0.1, 0.15) is 5.82 Å². The molecule has 0 saturated carbocycles. The third-order valence-electron chi connectivity index (χ3n) is 3.11. The summed E-state index contributed by atoms with van der Waals surface area (Å²) in [6.07, 6.45) is 3.99. The molecule has 1 aromatic carbocycles. The van der Waals surface area contributed by atoms with Gasteiger partial charge in [-0.25, -0.2) is 10.1 Å². The highest BCUT2D eigenvalue weighted by Gasteiger charge is 2.13. The maximum atomic E-state index is 12.2. The summed E-state index contributed by atoms with van der Waals surface area (Å²) in [5.74, 6) is 0.476. The number of carbonyl (C=O) groups excluding carboxylic acids is 1. The first-order valence-corrected chi connectivity index (χ1v) is 6.49. The van der Waals surface area contributed by atoms with E-state index in [4.69, 9.17) is 0 Å². The zero-order valence-corrected chi connectivity index (χ0v) is 11.1. The number of nitrogens with one attached hydrogen (secondary N) is 3. The van der Waals surface area contributed by atoms with Crippen molar-refractivity contribution in [3.8, 4) is 0 Å². The monoisotopic (exact) mass is 283 g/mol. The highest BCUT2D eigenvalue weighted by Crippen LogP contribution is 2.11. The van der Waals surface area contributed by atoms with Crippen molar-refractivity contribution in [2.24, 2.45) is 0 Å². The number of aromatic amines is 2. The van der Waals surface area contributed by atoms with Gasteiger partial charge in [0, 0.05) is 30.7 Å². The lowest BCUT2D eigenvalue weighted by Gasteiger charge is -2.05. The van der Waals surface area contributed by atoms with Crippen molar-refractivity contribution >= 4 is 16.7 Å². The molecule has 0 spiro atoms. The molecular weight excluding hydrogens is 270 g/mol. The first-order chi connectivity index (χ1) is 10.3. The highest BCUT2D eigenvalue weighted by molar-refractivity contribution is 6.04. The summed E-state index contributed by atoms with van der Waals surface area (Å²) < 4.78 is 0. The molecule has 0 aliphatic rings. The maximum Gasteiger partial charge on any atom is 0.272 e. The van der Waals surface area contributed by atoms with Crippen LogP contribution in [0.15, 0.2) is 41.5 Å².